The zero-order chi connectivity index (χ0) is 59.9. The Morgan fingerprint density at radius 2 is 0.567 bits per heavy atom. The number of hydrogen-bond donors (Lipinski definition) is 0. The van der Waals surface area contributed by atoms with Gasteiger partial charge in [-0.05, 0) is 105 Å². The molecule has 0 aliphatic carbocycles. The summed E-state index contributed by atoms with van der Waals surface area (Å²) in [6.45, 7) is 0.936. The van der Waals surface area contributed by atoms with Crippen molar-refractivity contribution in [2.45, 2.75) is 13.1 Å². The fourth-order valence-corrected chi connectivity index (χ4v) is 12.9. The van der Waals surface area contributed by atoms with Crippen LogP contribution in [0.3, 0.4) is 0 Å². The van der Waals surface area contributed by atoms with Crippen molar-refractivity contribution in [3.05, 3.63) is 321 Å². The first kappa shape index (κ1) is 53.3. The Labute approximate surface area is 520 Å². The van der Waals surface area contributed by atoms with E-state index in [1.54, 1.807) is 0 Å². The summed E-state index contributed by atoms with van der Waals surface area (Å²) in [4.78, 5) is 25.0. The SMILES string of the molecule is N#Cc1cccc(-c2c(Cn3c4cc(-c5ccc(-c6ccccc6)nc5)ccc4c4ccc(-c5ccc(-c6ccccc6)nc5)cc43)cncc2Cn2c3cc(-c4ccc(-c5ccccc5)nc4)ccc3c3ccc(-c4ccc(-c5ccccc5)nc4)cc32)c1. The molecule has 8 heteroatoms. The van der Waals surface area contributed by atoms with Crippen LogP contribution in [0.4, 0.5) is 0 Å². The van der Waals surface area contributed by atoms with Crippen molar-refractivity contribution in [3.63, 3.8) is 0 Å². The van der Waals surface area contributed by atoms with Gasteiger partial charge in [0.05, 0.1) is 69.6 Å². The maximum atomic E-state index is 10.5. The highest BCUT2D eigenvalue weighted by molar-refractivity contribution is 6.11. The van der Waals surface area contributed by atoms with Crippen LogP contribution < -0.4 is 0 Å². The molecule has 0 aliphatic heterocycles. The molecule has 0 unspecified atom stereocenters. The molecule has 0 saturated heterocycles. The average molecular weight is 1150 g/mol. The Kier molecular flexibility index (Phi) is 13.6. The molecule has 0 N–H and O–H groups in total. The van der Waals surface area contributed by atoms with Gasteiger partial charge in [-0.15, -0.1) is 0 Å². The lowest BCUT2D eigenvalue weighted by Gasteiger charge is -2.19. The van der Waals surface area contributed by atoms with Crippen LogP contribution >= 0.6 is 0 Å². The molecule has 0 radical (unpaired) electrons. The van der Waals surface area contributed by atoms with Gasteiger partial charge >= 0.3 is 0 Å². The van der Waals surface area contributed by atoms with Crippen molar-refractivity contribution in [3.8, 4) is 107 Å². The minimum Gasteiger partial charge on any atom is -0.336 e. The zero-order valence-corrected chi connectivity index (χ0v) is 48.9. The molecule has 0 spiro atoms. The van der Waals surface area contributed by atoms with Crippen molar-refractivity contribution < 1.29 is 0 Å². The summed E-state index contributed by atoms with van der Waals surface area (Å²) in [7, 11) is 0. The van der Waals surface area contributed by atoms with E-state index in [-0.39, 0.29) is 0 Å². The second-order valence-electron chi connectivity index (χ2n) is 22.8. The van der Waals surface area contributed by atoms with Gasteiger partial charge in [0, 0.05) is 103 Å². The molecule has 7 aromatic heterocycles. The van der Waals surface area contributed by atoms with E-state index in [4.69, 9.17) is 24.9 Å². The van der Waals surface area contributed by atoms with Gasteiger partial charge in [-0.2, -0.15) is 5.26 Å². The Morgan fingerprint density at radius 3 is 0.856 bits per heavy atom. The highest BCUT2D eigenvalue weighted by Crippen LogP contribution is 2.41. The fourth-order valence-electron chi connectivity index (χ4n) is 12.9. The second-order valence-corrected chi connectivity index (χ2v) is 22.8. The first-order chi connectivity index (χ1) is 44.5. The van der Waals surface area contributed by atoms with Gasteiger partial charge in [-0.3, -0.25) is 24.9 Å². The summed E-state index contributed by atoms with van der Waals surface area (Å²) < 4.78 is 4.89. The van der Waals surface area contributed by atoms with E-state index in [1.807, 2.05) is 128 Å². The number of hydrogen-bond acceptors (Lipinski definition) is 6. The normalized spacial score (nSPS) is 11.4. The maximum absolute atomic E-state index is 10.5. The Morgan fingerprint density at radius 1 is 0.267 bits per heavy atom. The van der Waals surface area contributed by atoms with Gasteiger partial charge in [0.25, 0.3) is 0 Å². The molecular weight excluding hydrogens is 1100 g/mol. The molecule has 16 aromatic rings. The third kappa shape index (κ3) is 10.0. The lowest BCUT2D eigenvalue weighted by Crippen LogP contribution is -2.08. The molecule has 422 valence electrons. The van der Waals surface area contributed by atoms with Crippen LogP contribution in [-0.4, -0.2) is 34.1 Å². The second kappa shape index (κ2) is 22.9. The summed E-state index contributed by atoms with van der Waals surface area (Å²) in [5.74, 6) is 0. The van der Waals surface area contributed by atoms with Crippen molar-refractivity contribution in [2.24, 2.45) is 0 Å². The minimum atomic E-state index is 0.468. The quantitative estimate of drug-likeness (QED) is 0.114. The van der Waals surface area contributed by atoms with Gasteiger partial charge < -0.3 is 9.13 Å². The van der Waals surface area contributed by atoms with Crippen LogP contribution in [0, 0.1) is 11.3 Å². The van der Waals surface area contributed by atoms with E-state index in [0.717, 1.165) is 155 Å². The van der Waals surface area contributed by atoms with Crippen LogP contribution in [0.1, 0.15) is 16.7 Å². The minimum absolute atomic E-state index is 0.468. The molecule has 0 saturated carbocycles. The monoisotopic (exact) mass is 1150 g/mol. The highest BCUT2D eigenvalue weighted by atomic mass is 15.0. The first-order valence-corrected chi connectivity index (χ1v) is 30.2. The number of nitrogens with zero attached hydrogens (tertiary/aromatic N) is 8. The van der Waals surface area contributed by atoms with Crippen molar-refractivity contribution >= 4 is 43.6 Å². The van der Waals surface area contributed by atoms with E-state index in [9.17, 15) is 5.26 Å². The molecule has 0 amide bonds. The number of pyridine rings is 5. The van der Waals surface area contributed by atoms with Crippen LogP contribution in [0.2, 0.25) is 0 Å². The molecule has 0 fully saturated rings. The lowest BCUT2D eigenvalue weighted by molar-refractivity contribution is 0.836. The Bertz CT molecular complexity index is 4780. The third-order valence-electron chi connectivity index (χ3n) is 17.4. The molecule has 0 aliphatic rings. The standard InChI is InChI=1S/C82H54N8/c83-45-54-14-13-23-63(40-54)82-68(52-89-78-41-59(64-28-36-74(85-48-64)55-15-5-1-6-16-55)24-32-70(78)71-33-25-60(42-79(71)89)65-29-37-75(86-49-65)56-17-7-2-8-18-56)46-84-47-69(82)53-90-80-43-61(66-30-38-76(87-50-66)57-19-9-3-10-20-57)26-34-72(80)73-35-27-62(44-81(73)90)67-31-39-77(88-51-67)58-21-11-4-12-22-58/h1-44,46-51H,52-53H2. The Hall–Kier alpha value is -12.2. The van der Waals surface area contributed by atoms with Gasteiger partial charge in [0.15, 0.2) is 0 Å². The van der Waals surface area contributed by atoms with E-state index in [2.05, 4.69) is 191 Å². The molecule has 8 nitrogen and oxygen atoms in total. The number of nitriles is 1. The first-order valence-electron chi connectivity index (χ1n) is 30.2. The molecule has 0 bridgehead atoms. The number of benzene rings is 9. The fraction of sp³-hybridized carbons (Fsp3) is 0.0244. The van der Waals surface area contributed by atoms with Crippen molar-refractivity contribution in [1.29, 1.82) is 5.26 Å². The molecule has 0 atom stereocenters. The average Bonchev–Trinajstić information content (AvgIpc) is 1.63. The van der Waals surface area contributed by atoms with Gasteiger partial charge in [0.1, 0.15) is 0 Å². The van der Waals surface area contributed by atoms with Crippen LogP contribution in [0.5, 0.6) is 0 Å². The summed E-state index contributed by atoms with van der Waals surface area (Å²) in [6, 6.07) is 95.8. The van der Waals surface area contributed by atoms with Crippen LogP contribution in [-0.2, 0) is 13.1 Å². The molecule has 9 aromatic carbocycles. The van der Waals surface area contributed by atoms with E-state index in [0.29, 0.717) is 18.7 Å². The van der Waals surface area contributed by atoms with Crippen molar-refractivity contribution in [2.75, 3.05) is 0 Å². The predicted molar refractivity (Wildman–Crippen MR) is 366 cm³/mol. The third-order valence-corrected chi connectivity index (χ3v) is 17.4. The van der Waals surface area contributed by atoms with Crippen LogP contribution in [0.15, 0.2) is 304 Å². The maximum Gasteiger partial charge on any atom is 0.0991 e. The predicted octanol–water partition coefficient (Wildman–Crippen LogP) is 19.8. The topological polar surface area (TPSA) is 98.1 Å². The summed E-state index contributed by atoms with van der Waals surface area (Å²) in [5.41, 5.74) is 25.2. The highest BCUT2D eigenvalue weighted by Gasteiger charge is 2.22. The summed E-state index contributed by atoms with van der Waals surface area (Å²) in [5, 5.41) is 15.1. The molecule has 7 heterocycles. The van der Waals surface area contributed by atoms with Gasteiger partial charge in [-0.25, -0.2) is 0 Å². The largest absolute Gasteiger partial charge is 0.336 e. The zero-order valence-electron chi connectivity index (χ0n) is 48.9. The van der Waals surface area contributed by atoms with Crippen LogP contribution in [0.25, 0.3) is 144 Å². The van der Waals surface area contributed by atoms with E-state index in [1.165, 1.54) is 0 Å². The van der Waals surface area contributed by atoms with Crippen molar-refractivity contribution in [1.82, 2.24) is 34.1 Å². The molecule has 16 rings (SSSR count). The number of aromatic nitrogens is 7. The smallest absolute Gasteiger partial charge is 0.0991 e. The Balaban J connectivity index is 0.864. The summed E-state index contributed by atoms with van der Waals surface area (Å²) >= 11 is 0. The molecule has 90 heavy (non-hydrogen) atoms. The van der Waals surface area contributed by atoms with E-state index >= 15 is 0 Å². The van der Waals surface area contributed by atoms with E-state index < -0.39 is 0 Å². The number of fused-ring (bicyclic) bond motifs is 6. The molecular formula is C82H54N8. The van der Waals surface area contributed by atoms with Gasteiger partial charge in [0.2, 0.25) is 0 Å². The number of rotatable bonds is 13. The lowest BCUT2D eigenvalue weighted by atomic mass is 9.95. The summed E-state index contributed by atoms with van der Waals surface area (Å²) in [6.07, 6.45) is 11.9. The van der Waals surface area contributed by atoms with Gasteiger partial charge in [-0.1, -0.05) is 206 Å².